The Hall–Kier alpha value is -2.75. The predicted molar refractivity (Wildman–Crippen MR) is 166 cm³/mol. The molecule has 43 heavy (non-hydrogen) atoms. The number of ether oxygens (including phenoxy) is 1. The lowest BCUT2D eigenvalue weighted by atomic mass is 9.84. The van der Waals surface area contributed by atoms with Gasteiger partial charge >= 0.3 is 0 Å². The molecule has 2 aromatic rings. The summed E-state index contributed by atoms with van der Waals surface area (Å²) in [6.07, 6.45) is 2.94. The van der Waals surface area contributed by atoms with Crippen molar-refractivity contribution in [3.8, 4) is 0 Å². The number of anilines is 2. The van der Waals surface area contributed by atoms with Crippen LogP contribution in [0.25, 0.3) is 0 Å². The highest BCUT2D eigenvalue weighted by molar-refractivity contribution is 7.89. The number of aryl methyl sites for hydroxylation is 1. The van der Waals surface area contributed by atoms with Crippen molar-refractivity contribution in [1.29, 1.82) is 0 Å². The molecule has 1 aliphatic carbocycles. The largest absolute Gasteiger partial charge is 0.378 e. The number of nitrogens with zero attached hydrogens (tertiary/aromatic N) is 3. The van der Waals surface area contributed by atoms with Crippen LogP contribution in [-0.4, -0.2) is 114 Å². The molecule has 0 bridgehead atoms. The Bertz CT molecular complexity index is 1440. The van der Waals surface area contributed by atoms with Gasteiger partial charge in [-0.3, -0.25) is 13.9 Å². The number of carbonyl (C=O) groups excluding carboxylic acids is 1. The number of fused-ring (bicyclic) bond motifs is 1. The first kappa shape index (κ1) is 33.1. The molecule has 0 radical (unpaired) electrons. The average molecular weight is 639 g/mol. The van der Waals surface area contributed by atoms with Crippen molar-refractivity contribution in [1.82, 2.24) is 10.2 Å². The van der Waals surface area contributed by atoms with Gasteiger partial charge in [0.1, 0.15) is 0 Å². The second-order valence-electron chi connectivity index (χ2n) is 11.3. The number of likely N-dealkylation sites (N-methyl/N-ethyl adjacent to an activating group) is 1. The molecule has 5 rings (SSSR count). The summed E-state index contributed by atoms with van der Waals surface area (Å²) in [4.78, 5) is 20.3. The zero-order chi connectivity index (χ0) is 31.2. The number of rotatable bonds is 7. The van der Waals surface area contributed by atoms with Crippen molar-refractivity contribution in [3.63, 3.8) is 0 Å². The van der Waals surface area contributed by atoms with Gasteiger partial charge in [-0.1, -0.05) is 6.07 Å². The van der Waals surface area contributed by atoms with E-state index >= 15 is 0 Å². The van der Waals surface area contributed by atoms with Gasteiger partial charge < -0.3 is 24.8 Å². The summed E-state index contributed by atoms with van der Waals surface area (Å²) < 4.78 is 60.8. The molecule has 1 atom stereocenters. The maximum Gasteiger partial charge on any atom is 0.265 e. The number of amides is 1. The number of carbonyl (C=O) groups is 1. The summed E-state index contributed by atoms with van der Waals surface area (Å²) in [6.45, 7) is 9.90. The molecule has 2 fully saturated rings. The van der Waals surface area contributed by atoms with Crippen LogP contribution in [0.1, 0.15) is 33.5 Å². The number of benzene rings is 2. The van der Waals surface area contributed by atoms with Gasteiger partial charge in [0, 0.05) is 62.2 Å². The van der Waals surface area contributed by atoms with E-state index in [1.807, 2.05) is 12.1 Å². The molecule has 3 N–H and O–H groups in total. The molecule has 2 heterocycles. The molecule has 0 saturated carbocycles. The number of piperazine rings is 1. The van der Waals surface area contributed by atoms with Crippen LogP contribution in [0, 0.1) is 6.92 Å². The van der Waals surface area contributed by atoms with E-state index in [0.717, 1.165) is 83.0 Å². The molecule has 0 unspecified atom stereocenters. The predicted octanol–water partition coefficient (Wildman–Crippen LogP) is 1.63. The first-order valence-electron chi connectivity index (χ1n) is 14.5. The standard InChI is InChI=1S/C27H36N4O2.C2H6O6S2/c1-20-3-10-26(31-13-11-29(2)12-14-31)25-19-22(6-9-24(20)25)28-27(32)21-4-7-23(8-5-21)30-15-17-33-18-16-30;3-9(4,5)1-2-10(6,7)8/h3-5,7-8,10,22H,6,9,11-19H2,1-2H3,(H,28,32);1-2H2,(H,3,4,5)(H,6,7,8)/t22-;/m1./s1. The van der Waals surface area contributed by atoms with Crippen molar-refractivity contribution in [2.24, 2.45) is 0 Å². The first-order chi connectivity index (χ1) is 20.3. The normalized spacial score (nSPS) is 19.7. The Kier molecular flexibility index (Phi) is 11.1. The average Bonchev–Trinajstić information content (AvgIpc) is 2.97. The third-order valence-corrected chi connectivity index (χ3v) is 9.82. The van der Waals surface area contributed by atoms with E-state index in [9.17, 15) is 21.6 Å². The summed E-state index contributed by atoms with van der Waals surface area (Å²) in [5.74, 6) is -1.93. The van der Waals surface area contributed by atoms with Crippen LogP contribution in [0.2, 0.25) is 0 Å². The molecule has 2 aromatic carbocycles. The third kappa shape index (κ3) is 9.88. The molecule has 12 nitrogen and oxygen atoms in total. The van der Waals surface area contributed by atoms with Crippen LogP contribution in [0.4, 0.5) is 11.4 Å². The smallest absolute Gasteiger partial charge is 0.265 e. The Labute approximate surface area is 254 Å². The van der Waals surface area contributed by atoms with E-state index < -0.39 is 31.7 Å². The molecule has 2 aliphatic heterocycles. The molecule has 14 heteroatoms. The molecule has 1 amide bonds. The van der Waals surface area contributed by atoms with E-state index in [2.05, 4.69) is 58.3 Å². The highest BCUT2D eigenvalue weighted by Gasteiger charge is 2.27. The fourth-order valence-corrected chi connectivity index (χ4v) is 7.32. The summed E-state index contributed by atoms with van der Waals surface area (Å²) in [7, 11) is -6.40. The van der Waals surface area contributed by atoms with Crippen molar-refractivity contribution >= 4 is 37.5 Å². The Morgan fingerprint density at radius 1 is 0.860 bits per heavy atom. The van der Waals surface area contributed by atoms with Crippen molar-refractivity contribution in [2.45, 2.75) is 32.2 Å². The summed E-state index contributed by atoms with van der Waals surface area (Å²) >= 11 is 0. The summed E-state index contributed by atoms with van der Waals surface area (Å²) in [6, 6.07) is 12.8. The Balaban J connectivity index is 0.000000365. The van der Waals surface area contributed by atoms with Crippen molar-refractivity contribution < 1.29 is 35.5 Å². The minimum Gasteiger partial charge on any atom is -0.378 e. The molecule has 3 aliphatic rings. The van der Waals surface area contributed by atoms with Gasteiger partial charge in [-0.05, 0) is 80.3 Å². The molecular weight excluding hydrogens is 596 g/mol. The highest BCUT2D eigenvalue weighted by Crippen LogP contribution is 2.33. The SMILES string of the molecule is Cc1ccc(N2CCN(C)CC2)c2c1CC[C@@H](NC(=O)c1ccc(N3CCOCC3)cc1)C2.O=S(=O)(O)CCS(=O)(=O)O. The molecule has 0 aromatic heterocycles. The van der Waals surface area contributed by atoms with Crippen LogP contribution < -0.4 is 15.1 Å². The lowest BCUT2D eigenvalue weighted by molar-refractivity contribution is 0.0933. The molecular formula is C29H42N4O8S2. The van der Waals surface area contributed by atoms with Crippen LogP contribution in [0.5, 0.6) is 0 Å². The maximum absolute atomic E-state index is 13.0. The van der Waals surface area contributed by atoms with Gasteiger partial charge in [-0.25, -0.2) is 0 Å². The Morgan fingerprint density at radius 2 is 1.47 bits per heavy atom. The minimum absolute atomic E-state index is 0.0331. The van der Waals surface area contributed by atoms with E-state index in [1.54, 1.807) is 0 Å². The lowest BCUT2D eigenvalue weighted by Crippen LogP contribution is -2.45. The monoisotopic (exact) mass is 638 g/mol. The number of hydrogen-bond acceptors (Lipinski definition) is 9. The quantitative estimate of drug-likeness (QED) is 0.379. The van der Waals surface area contributed by atoms with Crippen molar-refractivity contribution in [3.05, 3.63) is 58.7 Å². The van der Waals surface area contributed by atoms with Crippen LogP contribution >= 0.6 is 0 Å². The van der Waals surface area contributed by atoms with E-state index in [4.69, 9.17) is 13.8 Å². The number of nitrogens with one attached hydrogen (secondary N) is 1. The van der Waals surface area contributed by atoms with Gasteiger partial charge in [0.25, 0.3) is 26.1 Å². The van der Waals surface area contributed by atoms with E-state index in [0.29, 0.717) is 0 Å². The van der Waals surface area contributed by atoms with Gasteiger partial charge in [0.05, 0.1) is 24.7 Å². The zero-order valence-electron chi connectivity index (χ0n) is 24.7. The first-order valence-corrected chi connectivity index (χ1v) is 17.7. The summed E-state index contributed by atoms with van der Waals surface area (Å²) in [5, 5.41) is 3.33. The molecule has 0 spiro atoms. The van der Waals surface area contributed by atoms with E-state index in [-0.39, 0.29) is 11.9 Å². The molecule has 2 saturated heterocycles. The minimum atomic E-state index is -4.30. The number of morpholine rings is 1. The maximum atomic E-state index is 13.0. The Morgan fingerprint density at radius 3 is 2.05 bits per heavy atom. The van der Waals surface area contributed by atoms with Gasteiger partial charge in [-0.15, -0.1) is 0 Å². The lowest BCUT2D eigenvalue weighted by Gasteiger charge is -2.37. The van der Waals surface area contributed by atoms with Crippen LogP contribution in [0.3, 0.4) is 0 Å². The topological polar surface area (TPSA) is 157 Å². The van der Waals surface area contributed by atoms with Gasteiger partial charge in [0.2, 0.25) is 0 Å². The zero-order valence-corrected chi connectivity index (χ0v) is 26.4. The molecule has 238 valence electrons. The van der Waals surface area contributed by atoms with Crippen LogP contribution in [0.15, 0.2) is 36.4 Å². The van der Waals surface area contributed by atoms with Gasteiger partial charge in [0.15, 0.2) is 0 Å². The van der Waals surface area contributed by atoms with Gasteiger partial charge in [-0.2, -0.15) is 16.8 Å². The number of hydrogen-bond donors (Lipinski definition) is 3. The fourth-order valence-electron chi connectivity index (χ4n) is 5.63. The fraction of sp³-hybridized carbons (Fsp3) is 0.552. The second kappa shape index (κ2) is 14.4. The summed E-state index contributed by atoms with van der Waals surface area (Å²) in [5.41, 5.74) is 7.59. The highest BCUT2D eigenvalue weighted by atomic mass is 32.2. The third-order valence-electron chi connectivity index (χ3n) is 8.12. The van der Waals surface area contributed by atoms with Crippen molar-refractivity contribution in [2.75, 3.05) is 80.8 Å². The van der Waals surface area contributed by atoms with E-state index in [1.165, 1.54) is 22.4 Å². The second-order valence-corrected chi connectivity index (χ2v) is 14.4. The van der Waals surface area contributed by atoms with Crippen LogP contribution in [-0.2, 0) is 37.8 Å².